The minimum absolute atomic E-state index is 0.175. The Morgan fingerprint density at radius 3 is 3.07 bits per heavy atom. The predicted molar refractivity (Wildman–Crippen MR) is 58.8 cm³/mol. The number of rotatable bonds is 4. The molecule has 15 heavy (non-hydrogen) atoms. The quantitative estimate of drug-likeness (QED) is 0.827. The van der Waals surface area contributed by atoms with Crippen molar-refractivity contribution in [3.8, 4) is 0 Å². The van der Waals surface area contributed by atoms with Crippen molar-refractivity contribution < 1.29 is 9.90 Å². The Bertz CT molecular complexity index is 342. The van der Waals surface area contributed by atoms with E-state index >= 15 is 0 Å². The van der Waals surface area contributed by atoms with E-state index in [1.807, 2.05) is 0 Å². The summed E-state index contributed by atoms with van der Waals surface area (Å²) in [7, 11) is 0. The first kappa shape index (κ1) is 11.9. The summed E-state index contributed by atoms with van der Waals surface area (Å²) in [5.41, 5.74) is 0. The highest BCUT2D eigenvalue weighted by Gasteiger charge is 2.05. The van der Waals surface area contributed by atoms with Crippen LogP contribution >= 0.6 is 11.6 Å². The number of pyridine rings is 1. The summed E-state index contributed by atoms with van der Waals surface area (Å²) in [5.74, 6) is 0.253. The Hall–Kier alpha value is -1.13. The lowest BCUT2D eigenvalue weighted by Gasteiger charge is -2.05. The van der Waals surface area contributed by atoms with E-state index in [4.69, 9.17) is 16.7 Å². The number of anilines is 1. The monoisotopic (exact) mass is 228 g/mol. The molecule has 82 valence electrons. The van der Waals surface area contributed by atoms with Crippen LogP contribution in [0.15, 0.2) is 18.3 Å². The molecule has 0 fully saturated rings. The van der Waals surface area contributed by atoms with Crippen molar-refractivity contribution >= 4 is 23.3 Å². The lowest BCUT2D eigenvalue weighted by Crippen LogP contribution is -2.14. The molecule has 0 saturated carbocycles. The normalized spacial score (nSPS) is 12.2. The van der Waals surface area contributed by atoms with Crippen LogP contribution < -0.4 is 5.32 Å². The zero-order chi connectivity index (χ0) is 11.3. The molecule has 0 radical (unpaired) electrons. The van der Waals surface area contributed by atoms with Gasteiger partial charge in [-0.15, -0.1) is 0 Å². The van der Waals surface area contributed by atoms with Crippen molar-refractivity contribution in [2.45, 2.75) is 25.9 Å². The van der Waals surface area contributed by atoms with Crippen LogP contribution in [0, 0.1) is 0 Å². The molecule has 0 saturated heterocycles. The highest BCUT2D eigenvalue weighted by atomic mass is 35.5. The average molecular weight is 229 g/mol. The minimum Gasteiger partial charge on any atom is -0.393 e. The Morgan fingerprint density at radius 1 is 1.73 bits per heavy atom. The molecule has 1 unspecified atom stereocenters. The predicted octanol–water partition coefficient (Wildman–Crippen LogP) is 1.83. The summed E-state index contributed by atoms with van der Waals surface area (Å²) in [6.07, 6.45) is 1.76. The van der Waals surface area contributed by atoms with E-state index in [9.17, 15) is 4.79 Å². The summed E-state index contributed by atoms with van der Waals surface area (Å²) >= 11 is 5.72. The second-order valence-electron chi connectivity index (χ2n) is 3.30. The standard InChI is InChI=1S/C10H13ClN2O2/c1-7(14)2-3-10(15)13-9-6-8(11)4-5-12-9/h4-7,14H,2-3H2,1H3,(H,12,13,15). The van der Waals surface area contributed by atoms with Crippen LogP contribution in [-0.4, -0.2) is 22.1 Å². The van der Waals surface area contributed by atoms with E-state index < -0.39 is 6.10 Å². The summed E-state index contributed by atoms with van der Waals surface area (Å²) in [5, 5.41) is 12.1. The number of aliphatic hydroxyl groups excluding tert-OH is 1. The van der Waals surface area contributed by atoms with Crippen molar-refractivity contribution in [1.29, 1.82) is 0 Å². The number of amides is 1. The topological polar surface area (TPSA) is 62.2 Å². The van der Waals surface area contributed by atoms with Gasteiger partial charge in [0.25, 0.3) is 0 Å². The molecule has 4 nitrogen and oxygen atoms in total. The fourth-order valence-electron chi connectivity index (χ4n) is 1.02. The molecule has 1 rings (SSSR count). The number of hydrogen-bond acceptors (Lipinski definition) is 3. The minimum atomic E-state index is -0.469. The first-order valence-corrected chi connectivity index (χ1v) is 5.05. The molecule has 1 amide bonds. The maximum atomic E-state index is 11.3. The van der Waals surface area contributed by atoms with Crippen LogP contribution in [0.5, 0.6) is 0 Å². The van der Waals surface area contributed by atoms with Gasteiger partial charge in [0, 0.05) is 17.6 Å². The van der Waals surface area contributed by atoms with E-state index in [2.05, 4.69) is 10.3 Å². The SMILES string of the molecule is CC(O)CCC(=O)Nc1cc(Cl)ccn1. The molecule has 0 spiro atoms. The Labute approximate surface area is 93.3 Å². The molecule has 1 heterocycles. The van der Waals surface area contributed by atoms with Gasteiger partial charge < -0.3 is 10.4 Å². The van der Waals surface area contributed by atoms with Crippen LogP contribution in [0.3, 0.4) is 0 Å². The largest absolute Gasteiger partial charge is 0.393 e. The van der Waals surface area contributed by atoms with Gasteiger partial charge in [-0.2, -0.15) is 0 Å². The molecule has 1 atom stereocenters. The summed E-state index contributed by atoms with van der Waals surface area (Å²) in [6.45, 7) is 1.64. The number of nitrogens with one attached hydrogen (secondary N) is 1. The fourth-order valence-corrected chi connectivity index (χ4v) is 1.18. The van der Waals surface area contributed by atoms with E-state index in [-0.39, 0.29) is 12.3 Å². The molecule has 0 aromatic carbocycles. The summed E-state index contributed by atoms with van der Waals surface area (Å²) in [4.78, 5) is 15.3. The van der Waals surface area contributed by atoms with E-state index in [0.29, 0.717) is 17.3 Å². The molecular weight excluding hydrogens is 216 g/mol. The summed E-state index contributed by atoms with van der Waals surface area (Å²) < 4.78 is 0. The third-order valence-electron chi connectivity index (χ3n) is 1.78. The summed E-state index contributed by atoms with van der Waals surface area (Å²) in [6, 6.07) is 3.20. The molecule has 5 heteroatoms. The van der Waals surface area contributed by atoms with Crippen LogP contribution in [0.1, 0.15) is 19.8 Å². The number of aromatic nitrogens is 1. The first-order valence-electron chi connectivity index (χ1n) is 4.67. The van der Waals surface area contributed by atoms with Gasteiger partial charge in [-0.3, -0.25) is 4.79 Å². The number of nitrogens with zero attached hydrogens (tertiary/aromatic N) is 1. The number of hydrogen-bond donors (Lipinski definition) is 2. The second kappa shape index (κ2) is 5.68. The first-order chi connectivity index (χ1) is 7.08. The third kappa shape index (κ3) is 4.76. The number of halogens is 1. The molecule has 2 N–H and O–H groups in total. The maximum Gasteiger partial charge on any atom is 0.225 e. The lowest BCUT2D eigenvalue weighted by atomic mass is 10.2. The molecule has 1 aromatic rings. The van der Waals surface area contributed by atoms with Gasteiger partial charge in [-0.05, 0) is 25.5 Å². The highest BCUT2D eigenvalue weighted by molar-refractivity contribution is 6.30. The van der Waals surface area contributed by atoms with Crippen LogP contribution in [-0.2, 0) is 4.79 Å². The highest BCUT2D eigenvalue weighted by Crippen LogP contribution is 2.12. The Balaban J connectivity index is 2.44. The molecular formula is C10H13ClN2O2. The number of carbonyl (C=O) groups excluding carboxylic acids is 1. The van der Waals surface area contributed by atoms with Crippen LogP contribution in [0.4, 0.5) is 5.82 Å². The zero-order valence-electron chi connectivity index (χ0n) is 8.40. The number of carbonyl (C=O) groups is 1. The van der Waals surface area contributed by atoms with Gasteiger partial charge >= 0.3 is 0 Å². The maximum absolute atomic E-state index is 11.3. The van der Waals surface area contributed by atoms with E-state index in [0.717, 1.165) is 0 Å². The van der Waals surface area contributed by atoms with Gasteiger partial charge in [0.1, 0.15) is 5.82 Å². The van der Waals surface area contributed by atoms with Crippen LogP contribution in [0.2, 0.25) is 5.02 Å². The fraction of sp³-hybridized carbons (Fsp3) is 0.400. The van der Waals surface area contributed by atoms with Gasteiger partial charge in [0.15, 0.2) is 0 Å². The average Bonchev–Trinajstić information content (AvgIpc) is 2.15. The van der Waals surface area contributed by atoms with Crippen molar-refractivity contribution in [3.63, 3.8) is 0 Å². The van der Waals surface area contributed by atoms with Gasteiger partial charge in [-0.25, -0.2) is 4.98 Å². The van der Waals surface area contributed by atoms with Gasteiger partial charge in [0.05, 0.1) is 6.10 Å². The molecule has 0 bridgehead atoms. The lowest BCUT2D eigenvalue weighted by molar-refractivity contribution is -0.116. The molecule has 1 aromatic heterocycles. The Kier molecular flexibility index (Phi) is 4.52. The van der Waals surface area contributed by atoms with Gasteiger partial charge in [0.2, 0.25) is 5.91 Å². The third-order valence-corrected chi connectivity index (χ3v) is 2.01. The number of aliphatic hydroxyl groups is 1. The Morgan fingerprint density at radius 2 is 2.47 bits per heavy atom. The second-order valence-corrected chi connectivity index (χ2v) is 3.73. The van der Waals surface area contributed by atoms with Gasteiger partial charge in [-0.1, -0.05) is 11.6 Å². The smallest absolute Gasteiger partial charge is 0.225 e. The zero-order valence-corrected chi connectivity index (χ0v) is 9.16. The van der Waals surface area contributed by atoms with E-state index in [1.54, 1.807) is 19.1 Å². The molecule has 0 aliphatic rings. The van der Waals surface area contributed by atoms with Crippen molar-refractivity contribution in [2.24, 2.45) is 0 Å². The van der Waals surface area contributed by atoms with Crippen molar-refractivity contribution in [2.75, 3.05) is 5.32 Å². The molecule has 0 aliphatic heterocycles. The van der Waals surface area contributed by atoms with Crippen LogP contribution in [0.25, 0.3) is 0 Å². The van der Waals surface area contributed by atoms with Crippen molar-refractivity contribution in [3.05, 3.63) is 23.4 Å². The van der Waals surface area contributed by atoms with E-state index in [1.165, 1.54) is 6.20 Å². The van der Waals surface area contributed by atoms with Crippen molar-refractivity contribution in [1.82, 2.24) is 4.98 Å². The molecule has 0 aliphatic carbocycles.